The highest BCUT2D eigenvalue weighted by Crippen LogP contribution is 2.32. The van der Waals surface area contributed by atoms with Crippen molar-refractivity contribution in [2.45, 2.75) is 84.5 Å². The van der Waals surface area contributed by atoms with Gasteiger partial charge in [0.15, 0.2) is 0 Å². The van der Waals surface area contributed by atoms with Crippen LogP contribution in [-0.2, 0) is 10.2 Å². The van der Waals surface area contributed by atoms with Crippen LogP contribution in [0, 0.1) is 0 Å². The van der Waals surface area contributed by atoms with Crippen LogP contribution in [0.15, 0.2) is 24.3 Å². The van der Waals surface area contributed by atoms with E-state index in [0.29, 0.717) is 12.1 Å². The Balaban J connectivity index is 2.14. The molecule has 1 aromatic rings. The van der Waals surface area contributed by atoms with Crippen molar-refractivity contribution < 1.29 is 4.74 Å². The van der Waals surface area contributed by atoms with Crippen molar-refractivity contribution in [3.8, 4) is 0 Å². The zero-order chi connectivity index (χ0) is 17.3. The second kappa shape index (κ2) is 6.94. The van der Waals surface area contributed by atoms with E-state index in [1.807, 2.05) is 0 Å². The number of nitrogens with zero attached hydrogens (tertiary/aromatic N) is 1. The van der Waals surface area contributed by atoms with Crippen LogP contribution in [0.5, 0.6) is 0 Å². The van der Waals surface area contributed by atoms with Gasteiger partial charge in [0.2, 0.25) is 0 Å². The molecule has 130 valence electrons. The number of rotatable bonds is 4. The van der Waals surface area contributed by atoms with E-state index in [1.54, 1.807) is 0 Å². The topological polar surface area (TPSA) is 12.5 Å². The normalized spacial score (nSPS) is 27.9. The summed E-state index contributed by atoms with van der Waals surface area (Å²) in [6, 6.07) is 9.64. The first-order chi connectivity index (χ1) is 10.6. The van der Waals surface area contributed by atoms with Gasteiger partial charge in [-0.25, -0.2) is 0 Å². The van der Waals surface area contributed by atoms with E-state index in [2.05, 4.69) is 77.6 Å². The maximum absolute atomic E-state index is 6.25. The van der Waals surface area contributed by atoms with E-state index in [9.17, 15) is 0 Å². The lowest BCUT2D eigenvalue weighted by Crippen LogP contribution is -2.53. The van der Waals surface area contributed by atoms with Gasteiger partial charge in [-0.2, -0.15) is 0 Å². The fourth-order valence-corrected chi connectivity index (χ4v) is 3.82. The summed E-state index contributed by atoms with van der Waals surface area (Å²) in [6.45, 7) is 17.9. The molecule has 1 heterocycles. The third-order valence-electron chi connectivity index (χ3n) is 5.10. The predicted molar refractivity (Wildman–Crippen MR) is 99.0 cm³/mol. The highest BCUT2D eigenvalue weighted by Gasteiger charge is 2.36. The second-order valence-electron chi connectivity index (χ2n) is 8.61. The molecule has 0 bridgehead atoms. The molecule has 1 aliphatic rings. The summed E-state index contributed by atoms with van der Waals surface area (Å²) in [7, 11) is 0. The van der Waals surface area contributed by atoms with Crippen LogP contribution >= 0.6 is 0 Å². The molecular weight excluding hydrogens is 282 g/mol. The zero-order valence-corrected chi connectivity index (χ0v) is 16.1. The molecule has 0 spiro atoms. The first-order valence-electron chi connectivity index (χ1n) is 9.17. The Morgan fingerprint density at radius 3 is 2.39 bits per heavy atom. The number of ether oxygens (including phenoxy) is 1. The van der Waals surface area contributed by atoms with E-state index in [0.717, 1.165) is 19.5 Å². The molecular formula is C21H35NO. The SMILES string of the molecule is CCCC1(C)CN(C(C)c2ccc(C(C)(C)C)cc2)CC(C)O1. The van der Waals surface area contributed by atoms with Gasteiger partial charge >= 0.3 is 0 Å². The van der Waals surface area contributed by atoms with Crippen LogP contribution in [0.3, 0.4) is 0 Å². The first-order valence-corrected chi connectivity index (χ1v) is 9.17. The molecule has 0 N–H and O–H groups in total. The Labute approximate surface area is 143 Å². The van der Waals surface area contributed by atoms with Crippen LogP contribution in [0.1, 0.15) is 78.5 Å². The minimum absolute atomic E-state index is 0.00791. The molecule has 0 amide bonds. The molecule has 2 heteroatoms. The molecule has 1 saturated heterocycles. The van der Waals surface area contributed by atoms with E-state index < -0.39 is 0 Å². The predicted octanol–water partition coefficient (Wildman–Crippen LogP) is 5.32. The minimum atomic E-state index is -0.00791. The van der Waals surface area contributed by atoms with Gasteiger partial charge in [0.25, 0.3) is 0 Å². The van der Waals surface area contributed by atoms with Crippen molar-refractivity contribution in [2.24, 2.45) is 0 Å². The summed E-state index contributed by atoms with van der Waals surface area (Å²) in [4.78, 5) is 2.59. The van der Waals surface area contributed by atoms with Gasteiger partial charge in [0.1, 0.15) is 0 Å². The van der Waals surface area contributed by atoms with Crippen molar-refractivity contribution in [3.63, 3.8) is 0 Å². The maximum atomic E-state index is 6.25. The minimum Gasteiger partial charge on any atom is -0.370 e. The summed E-state index contributed by atoms with van der Waals surface area (Å²) in [5.74, 6) is 0. The molecule has 2 nitrogen and oxygen atoms in total. The molecule has 0 aliphatic carbocycles. The number of benzene rings is 1. The largest absolute Gasteiger partial charge is 0.370 e. The lowest BCUT2D eigenvalue weighted by atomic mass is 9.86. The lowest BCUT2D eigenvalue weighted by Gasteiger charge is -2.46. The van der Waals surface area contributed by atoms with E-state index in [1.165, 1.54) is 17.5 Å². The Hall–Kier alpha value is -0.860. The van der Waals surface area contributed by atoms with Crippen LogP contribution in [0.2, 0.25) is 0 Å². The van der Waals surface area contributed by atoms with E-state index >= 15 is 0 Å². The first kappa shape index (κ1) is 18.5. The van der Waals surface area contributed by atoms with E-state index in [-0.39, 0.29) is 11.0 Å². The Kier molecular flexibility index (Phi) is 5.58. The van der Waals surface area contributed by atoms with Crippen LogP contribution in [0.25, 0.3) is 0 Å². The van der Waals surface area contributed by atoms with Gasteiger partial charge in [-0.05, 0) is 43.7 Å². The molecule has 0 radical (unpaired) electrons. The Morgan fingerprint density at radius 2 is 1.87 bits per heavy atom. The third-order valence-corrected chi connectivity index (χ3v) is 5.10. The standard InChI is InChI=1S/C21H35NO/c1-8-13-21(7)15-22(14-16(2)23-21)17(3)18-9-11-19(12-10-18)20(4,5)6/h9-12,16-17H,8,13-15H2,1-7H3. The highest BCUT2D eigenvalue weighted by atomic mass is 16.5. The summed E-state index contributed by atoms with van der Waals surface area (Å²) in [6.07, 6.45) is 2.60. The summed E-state index contributed by atoms with van der Waals surface area (Å²) >= 11 is 0. The summed E-state index contributed by atoms with van der Waals surface area (Å²) in [5, 5.41) is 0. The van der Waals surface area contributed by atoms with Crippen LogP contribution in [0.4, 0.5) is 0 Å². The quantitative estimate of drug-likeness (QED) is 0.744. The average Bonchev–Trinajstić information content (AvgIpc) is 2.44. The number of hydrogen-bond donors (Lipinski definition) is 0. The van der Waals surface area contributed by atoms with Crippen LogP contribution in [-0.4, -0.2) is 29.7 Å². The molecule has 3 atom stereocenters. The lowest BCUT2D eigenvalue weighted by molar-refractivity contribution is -0.150. The number of hydrogen-bond acceptors (Lipinski definition) is 2. The van der Waals surface area contributed by atoms with Gasteiger partial charge in [-0.15, -0.1) is 0 Å². The van der Waals surface area contributed by atoms with Crippen molar-refractivity contribution in [1.29, 1.82) is 0 Å². The van der Waals surface area contributed by atoms with Gasteiger partial charge < -0.3 is 4.74 Å². The molecule has 1 aliphatic heterocycles. The van der Waals surface area contributed by atoms with Gasteiger partial charge in [0, 0.05) is 19.1 Å². The fourth-order valence-electron chi connectivity index (χ4n) is 3.82. The number of morpholine rings is 1. The molecule has 0 saturated carbocycles. The monoisotopic (exact) mass is 317 g/mol. The molecule has 3 unspecified atom stereocenters. The zero-order valence-electron chi connectivity index (χ0n) is 16.1. The van der Waals surface area contributed by atoms with Gasteiger partial charge in [0.05, 0.1) is 11.7 Å². The molecule has 2 rings (SSSR count). The molecule has 1 fully saturated rings. The fraction of sp³-hybridized carbons (Fsp3) is 0.714. The highest BCUT2D eigenvalue weighted by molar-refractivity contribution is 5.29. The summed E-state index contributed by atoms with van der Waals surface area (Å²) < 4.78 is 6.25. The van der Waals surface area contributed by atoms with Crippen molar-refractivity contribution in [2.75, 3.05) is 13.1 Å². The average molecular weight is 318 g/mol. The molecule has 1 aromatic carbocycles. The maximum Gasteiger partial charge on any atom is 0.0785 e. The molecule has 0 aromatic heterocycles. The van der Waals surface area contributed by atoms with E-state index in [4.69, 9.17) is 4.74 Å². The van der Waals surface area contributed by atoms with Crippen molar-refractivity contribution in [1.82, 2.24) is 4.90 Å². The van der Waals surface area contributed by atoms with Crippen LogP contribution < -0.4 is 0 Å². The van der Waals surface area contributed by atoms with Gasteiger partial charge in [-0.3, -0.25) is 4.90 Å². The smallest absolute Gasteiger partial charge is 0.0785 e. The molecule has 23 heavy (non-hydrogen) atoms. The Morgan fingerprint density at radius 1 is 1.26 bits per heavy atom. The van der Waals surface area contributed by atoms with Crippen molar-refractivity contribution in [3.05, 3.63) is 35.4 Å². The third kappa shape index (κ3) is 4.58. The van der Waals surface area contributed by atoms with Crippen molar-refractivity contribution >= 4 is 0 Å². The Bertz CT molecular complexity index is 502. The second-order valence-corrected chi connectivity index (χ2v) is 8.61. The summed E-state index contributed by atoms with van der Waals surface area (Å²) in [5.41, 5.74) is 3.02. The van der Waals surface area contributed by atoms with Gasteiger partial charge in [-0.1, -0.05) is 58.4 Å².